The van der Waals surface area contributed by atoms with Gasteiger partial charge in [0, 0.05) is 0 Å². The lowest BCUT2D eigenvalue weighted by molar-refractivity contribution is 0.431. The Kier molecular flexibility index (Phi) is 4.40. The summed E-state index contributed by atoms with van der Waals surface area (Å²) < 4.78 is 12.9. The molecule has 0 saturated heterocycles. The number of halogens is 1. The fraction of sp³-hybridized carbons (Fsp3) is 0.455. The average molecular weight is 197 g/mol. The Labute approximate surface area is 83.8 Å². The molecule has 0 fully saturated rings. The Bertz CT molecular complexity index is 289. The molecule has 0 unspecified atom stereocenters. The maximum absolute atomic E-state index is 12.9. The quantitative estimate of drug-likeness (QED) is 0.708. The Balaban J connectivity index is 2.39. The molecule has 0 amide bonds. The van der Waals surface area contributed by atoms with Crippen LogP contribution in [0.2, 0.25) is 0 Å². The summed E-state index contributed by atoms with van der Waals surface area (Å²) in [6.45, 7) is 0.987. The largest absolute Gasteiger partial charge is 0.505 e. The monoisotopic (exact) mass is 197 g/mol. The fourth-order valence-electron chi connectivity index (χ4n) is 1.34. The van der Waals surface area contributed by atoms with E-state index in [1.807, 2.05) is 7.05 Å². The van der Waals surface area contributed by atoms with Crippen molar-refractivity contribution in [1.82, 2.24) is 5.32 Å². The first-order valence-corrected chi connectivity index (χ1v) is 4.86. The van der Waals surface area contributed by atoms with Gasteiger partial charge in [-0.1, -0.05) is 6.07 Å². The van der Waals surface area contributed by atoms with Gasteiger partial charge in [-0.05, 0) is 50.6 Å². The minimum Gasteiger partial charge on any atom is -0.505 e. The van der Waals surface area contributed by atoms with Crippen molar-refractivity contribution < 1.29 is 9.50 Å². The van der Waals surface area contributed by atoms with Gasteiger partial charge in [-0.25, -0.2) is 4.39 Å². The van der Waals surface area contributed by atoms with E-state index < -0.39 is 5.82 Å². The van der Waals surface area contributed by atoms with Crippen LogP contribution >= 0.6 is 0 Å². The number of rotatable bonds is 5. The summed E-state index contributed by atoms with van der Waals surface area (Å²) >= 11 is 0. The fourth-order valence-corrected chi connectivity index (χ4v) is 1.34. The Morgan fingerprint density at radius 2 is 2.14 bits per heavy atom. The third-order valence-corrected chi connectivity index (χ3v) is 2.15. The lowest BCUT2D eigenvalue weighted by atomic mass is 10.1. The lowest BCUT2D eigenvalue weighted by Gasteiger charge is -2.02. The van der Waals surface area contributed by atoms with E-state index in [1.165, 1.54) is 12.1 Å². The molecular formula is C11H16FNO. The van der Waals surface area contributed by atoms with Crippen LogP contribution in [0.15, 0.2) is 18.2 Å². The van der Waals surface area contributed by atoms with Crippen LogP contribution in [0.3, 0.4) is 0 Å². The summed E-state index contributed by atoms with van der Waals surface area (Å²) in [7, 11) is 1.92. The molecule has 2 N–H and O–H groups in total. The molecule has 0 atom stereocenters. The van der Waals surface area contributed by atoms with Crippen molar-refractivity contribution in [2.24, 2.45) is 0 Å². The van der Waals surface area contributed by atoms with E-state index in [2.05, 4.69) is 5.32 Å². The standard InChI is InChI=1S/C11H16FNO/c1-13-7-3-2-4-9-5-6-11(14)10(12)8-9/h5-6,8,13-14H,2-4,7H2,1H3. The predicted octanol–water partition coefficient (Wildman–Crippen LogP) is 2.07. The zero-order chi connectivity index (χ0) is 10.4. The van der Waals surface area contributed by atoms with Crippen LogP contribution in [-0.2, 0) is 6.42 Å². The highest BCUT2D eigenvalue weighted by Crippen LogP contribution is 2.17. The second kappa shape index (κ2) is 5.60. The van der Waals surface area contributed by atoms with E-state index in [0.29, 0.717) is 0 Å². The van der Waals surface area contributed by atoms with Gasteiger partial charge in [-0.2, -0.15) is 0 Å². The van der Waals surface area contributed by atoms with Crippen LogP contribution in [0, 0.1) is 5.82 Å². The van der Waals surface area contributed by atoms with Gasteiger partial charge in [0.15, 0.2) is 11.6 Å². The first-order valence-electron chi connectivity index (χ1n) is 4.86. The third kappa shape index (κ3) is 3.34. The third-order valence-electron chi connectivity index (χ3n) is 2.15. The zero-order valence-electron chi connectivity index (χ0n) is 8.39. The summed E-state index contributed by atoms with van der Waals surface area (Å²) in [5.74, 6) is -0.805. The minimum absolute atomic E-state index is 0.274. The van der Waals surface area contributed by atoms with Crippen molar-refractivity contribution in [2.45, 2.75) is 19.3 Å². The zero-order valence-corrected chi connectivity index (χ0v) is 8.39. The molecular weight excluding hydrogens is 181 g/mol. The molecule has 78 valence electrons. The van der Waals surface area contributed by atoms with Crippen LogP contribution in [0.1, 0.15) is 18.4 Å². The molecule has 14 heavy (non-hydrogen) atoms. The number of unbranched alkanes of at least 4 members (excludes halogenated alkanes) is 1. The molecule has 0 aromatic heterocycles. The number of aromatic hydroxyl groups is 1. The molecule has 0 spiro atoms. The van der Waals surface area contributed by atoms with Crippen molar-refractivity contribution in [3.63, 3.8) is 0 Å². The second-order valence-electron chi connectivity index (χ2n) is 3.35. The normalized spacial score (nSPS) is 10.4. The summed E-state index contributed by atoms with van der Waals surface area (Å²) in [5, 5.41) is 12.0. The molecule has 1 rings (SSSR count). The predicted molar refractivity (Wildman–Crippen MR) is 54.9 cm³/mol. The average Bonchev–Trinajstić information content (AvgIpc) is 2.18. The van der Waals surface area contributed by atoms with Gasteiger partial charge in [0.05, 0.1) is 0 Å². The number of nitrogens with one attached hydrogen (secondary N) is 1. The molecule has 1 aromatic rings. The summed E-state index contributed by atoms with van der Waals surface area (Å²) in [6, 6.07) is 4.56. The number of benzene rings is 1. The topological polar surface area (TPSA) is 32.3 Å². The van der Waals surface area contributed by atoms with Gasteiger partial charge in [-0.3, -0.25) is 0 Å². The Hall–Kier alpha value is -1.09. The molecule has 0 radical (unpaired) electrons. The number of phenols is 1. The number of hydrogen-bond acceptors (Lipinski definition) is 2. The van der Waals surface area contributed by atoms with Gasteiger partial charge < -0.3 is 10.4 Å². The summed E-state index contributed by atoms with van der Waals surface area (Å²) in [6.07, 6.45) is 2.98. The van der Waals surface area contributed by atoms with Gasteiger partial charge in [-0.15, -0.1) is 0 Å². The van der Waals surface area contributed by atoms with E-state index in [1.54, 1.807) is 6.07 Å². The van der Waals surface area contributed by atoms with Crippen molar-refractivity contribution in [2.75, 3.05) is 13.6 Å². The first-order chi connectivity index (χ1) is 6.74. The molecule has 0 bridgehead atoms. The molecule has 1 aromatic carbocycles. The van der Waals surface area contributed by atoms with Gasteiger partial charge >= 0.3 is 0 Å². The Morgan fingerprint density at radius 1 is 1.36 bits per heavy atom. The highest BCUT2D eigenvalue weighted by atomic mass is 19.1. The molecule has 3 heteroatoms. The summed E-state index contributed by atoms with van der Waals surface area (Å²) in [5.41, 5.74) is 0.941. The van der Waals surface area contributed by atoms with Crippen LogP contribution < -0.4 is 5.32 Å². The molecule has 0 heterocycles. The van der Waals surface area contributed by atoms with E-state index in [9.17, 15) is 4.39 Å². The highest BCUT2D eigenvalue weighted by Gasteiger charge is 2.00. The van der Waals surface area contributed by atoms with E-state index in [-0.39, 0.29) is 5.75 Å². The molecule has 0 aliphatic rings. The SMILES string of the molecule is CNCCCCc1ccc(O)c(F)c1. The summed E-state index contributed by atoms with van der Waals surface area (Å²) in [4.78, 5) is 0. The number of hydrogen-bond donors (Lipinski definition) is 2. The van der Waals surface area contributed by atoms with Crippen molar-refractivity contribution in [3.8, 4) is 5.75 Å². The van der Waals surface area contributed by atoms with E-state index in [0.717, 1.165) is 31.4 Å². The molecule has 2 nitrogen and oxygen atoms in total. The molecule has 0 aliphatic heterocycles. The first kappa shape index (κ1) is 11.0. The number of aryl methyl sites for hydroxylation is 1. The second-order valence-corrected chi connectivity index (χ2v) is 3.35. The Morgan fingerprint density at radius 3 is 2.79 bits per heavy atom. The van der Waals surface area contributed by atoms with Crippen LogP contribution in [0.5, 0.6) is 5.75 Å². The lowest BCUT2D eigenvalue weighted by Crippen LogP contribution is -2.07. The van der Waals surface area contributed by atoms with Crippen LogP contribution in [0.4, 0.5) is 4.39 Å². The molecule has 0 saturated carbocycles. The molecule has 0 aliphatic carbocycles. The number of phenolic OH excluding ortho intramolecular Hbond substituents is 1. The van der Waals surface area contributed by atoms with Gasteiger partial charge in [0.1, 0.15) is 0 Å². The van der Waals surface area contributed by atoms with Gasteiger partial charge in [0.25, 0.3) is 0 Å². The van der Waals surface area contributed by atoms with Crippen molar-refractivity contribution in [1.29, 1.82) is 0 Å². The van der Waals surface area contributed by atoms with Crippen LogP contribution in [0.25, 0.3) is 0 Å². The maximum Gasteiger partial charge on any atom is 0.165 e. The smallest absolute Gasteiger partial charge is 0.165 e. The van der Waals surface area contributed by atoms with Crippen molar-refractivity contribution in [3.05, 3.63) is 29.6 Å². The van der Waals surface area contributed by atoms with E-state index >= 15 is 0 Å². The highest BCUT2D eigenvalue weighted by molar-refractivity contribution is 5.27. The van der Waals surface area contributed by atoms with Gasteiger partial charge in [0.2, 0.25) is 0 Å². The van der Waals surface area contributed by atoms with Crippen molar-refractivity contribution >= 4 is 0 Å². The van der Waals surface area contributed by atoms with E-state index in [4.69, 9.17) is 5.11 Å². The minimum atomic E-state index is -0.531. The van der Waals surface area contributed by atoms with Crippen LogP contribution in [-0.4, -0.2) is 18.7 Å². The maximum atomic E-state index is 12.9.